The van der Waals surface area contributed by atoms with E-state index in [9.17, 15) is 0 Å². The Bertz CT molecular complexity index is 257. The van der Waals surface area contributed by atoms with Crippen LogP contribution in [0.2, 0.25) is 0 Å². The third kappa shape index (κ3) is 2.94. The summed E-state index contributed by atoms with van der Waals surface area (Å²) in [5.41, 5.74) is 0. The lowest BCUT2D eigenvalue weighted by atomic mass is 10.1. The predicted octanol–water partition coefficient (Wildman–Crippen LogP) is 0.695. The molecule has 2 aliphatic heterocycles. The zero-order valence-corrected chi connectivity index (χ0v) is 10.1. The smallest absolute Gasteiger partial charge is 0.0702 e. The SMILES string of the molecule is CN1CCN(CC2CCCO2)C(CC#N)C1. The van der Waals surface area contributed by atoms with Crippen LogP contribution in [-0.2, 0) is 4.74 Å². The van der Waals surface area contributed by atoms with E-state index in [-0.39, 0.29) is 0 Å². The Morgan fingerprint density at radius 2 is 2.31 bits per heavy atom. The summed E-state index contributed by atoms with van der Waals surface area (Å²) in [6.45, 7) is 5.12. The Kier molecular flexibility index (Phi) is 4.16. The van der Waals surface area contributed by atoms with E-state index in [0.717, 1.165) is 32.8 Å². The van der Waals surface area contributed by atoms with Crippen LogP contribution in [0.15, 0.2) is 0 Å². The van der Waals surface area contributed by atoms with Gasteiger partial charge in [-0.1, -0.05) is 0 Å². The Hall–Kier alpha value is -0.630. The number of nitrogens with zero attached hydrogens (tertiary/aromatic N) is 3. The highest BCUT2D eigenvalue weighted by atomic mass is 16.5. The van der Waals surface area contributed by atoms with Crippen molar-refractivity contribution in [1.82, 2.24) is 9.80 Å². The van der Waals surface area contributed by atoms with Crippen LogP contribution >= 0.6 is 0 Å². The van der Waals surface area contributed by atoms with Crippen molar-refractivity contribution in [2.45, 2.75) is 31.4 Å². The first kappa shape index (κ1) is 11.8. The molecule has 2 unspecified atom stereocenters. The fourth-order valence-electron chi connectivity index (χ4n) is 2.64. The third-order valence-electron chi connectivity index (χ3n) is 3.60. The first-order chi connectivity index (χ1) is 7.79. The molecular formula is C12H21N3O. The molecule has 16 heavy (non-hydrogen) atoms. The first-order valence-electron chi connectivity index (χ1n) is 6.20. The van der Waals surface area contributed by atoms with Gasteiger partial charge in [0.2, 0.25) is 0 Å². The summed E-state index contributed by atoms with van der Waals surface area (Å²) in [4.78, 5) is 4.76. The van der Waals surface area contributed by atoms with Gasteiger partial charge in [-0.05, 0) is 19.9 Å². The quantitative estimate of drug-likeness (QED) is 0.706. The van der Waals surface area contributed by atoms with Crippen LogP contribution in [0.25, 0.3) is 0 Å². The maximum atomic E-state index is 8.86. The van der Waals surface area contributed by atoms with Gasteiger partial charge in [0.25, 0.3) is 0 Å². The van der Waals surface area contributed by atoms with Gasteiger partial charge in [-0.25, -0.2) is 0 Å². The number of hydrogen-bond acceptors (Lipinski definition) is 4. The molecule has 2 fully saturated rings. The van der Waals surface area contributed by atoms with E-state index in [1.807, 2.05) is 0 Å². The van der Waals surface area contributed by atoms with E-state index in [1.54, 1.807) is 0 Å². The van der Waals surface area contributed by atoms with Crippen LogP contribution in [-0.4, -0.2) is 61.8 Å². The van der Waals surface area contributed by atoms with Crippen molar-refractivity contribution in [3.05, 3.63) is 0 Å². The Labute approximate surface area is 97.8 Å². The lowest BCUT2D eigenvalue weighted by Gasteiger charge is -2.40. The van der Waals surface area contributed by atoms with E-state index < -0.39 is 0 Å². The van der Waals surface area contributed by atoms with Gasteiger partial charge in [0.15, 0.2) is 0 Å². The van der Waals surface area contributed by atoms with E-state index in [1.165, 1.54) is 12.8 Å². The Balaban J connectivity index is 1.87. The molecule has 2 atom stereocenters. The minimum atomic E-state index is 0.396. The second-order valence-electron chi connectivity index (χ2n) is 4.91. The van der Waals surface area contributed by atoms with Gasteiger partial charge in [-0.2, -0.15) is 5.26 Å². The van der Waals surface area contributed by atoms with E-state index in [0.29, 0.717) is 18.6 Å². The molecule has 2 rings (SSSR count). The average molecular weight is 223 g/mol. The van der Waals surface area contributed by atoms with Crippen molar-refractivity contribution in [1.29, 1.82) is 5.26 Å². The summed E-state index contributed by atoms with van der Waals surface area (Å²) < 4.78 is 5.67. The normalized spacial score (nSPS) is 32.8. The highest BCUT2D eigenvalue weighted by molar-refractivity contribution is 4.89. The molecule has 0 aromatic carbocycles. The van der Waals surface area contributed by atoms with Crippen molar-refractivity contribution in [2.75, 3.05) is 39.8 Å². The van der Waals surface area contributed by atoms with Gasteiger partial charge in [-0.3, -0.25) is 4.90 Å². The molecule has 0 radical (unpaired) electrons. The fraction of sp³-hybridized carbons (Fsp3) is 0.917. The van der Waals surface area contributed by atoms with Crippen LogP contribution in [0.5, 0.6) is 0 Å². The largest absolute Gasteiger partial charge is 0.377 e. The van der Waals surface area contributed by atoms with Crippen molar-refractivity contribution in [3.63, 3.8) is 0 Å². The number of piperazine rings is 1. The molecule has 0 saturated carbocycles. The molecule has 4 heteroatoms. The molecular weight excluding hydrogens is 202 g/mol. The van der Waals surface area contributed by atoms with Crippen LogP contribution in [0.3, 0.4) is 0 Å². The van der Waals surface area contributed by atoms with E-state index in [4.69, 9.17) is 10.00 Å². The lowest BCUT2D eigenvalue weighted by molar-refractivity contribution is 0.0275. The minimum absolute atomic E-state index is 0.396. The zero-order valence-electron chi connectivity index (χ0n) is 10.1. The second-order valence-corrected chi connectivity index (χ2v) is 4.91. The van der Waals surface area contributed by atoms with E-state index in [2.05, 4.69) is 22.9 Å². The monoisotopic (exact) mass is 223 g/mol. The molecule has 0 aromatic rings. The summed E-state index contributed by atoms with van der Waals surface area (Å²) in [5.74, 6) is 0. The topological polar surface area (TPSA) is 39.5 Å². The van der Waals surface area contributed by atoms with E-state index >= 15 is 0 Å². The van der Waals surface area contributed by atoms with Crippen LogP contribution in [0.4, 0.5) is 0 Å². The van der Waals surface area contributed by atoms with Gasteiger partial charge in [-0.15, -0.1) is 0 Å². The summed E-state index contributed by atoms with van der Waals surface area (Å²) in [5, 5.41) is 8.86. The number of hydrogen-bond donors (Lipinski definition) is 0. The number of nitriles is 1. The minimum Gasteiger partial charge on any atom is -0.377 e. The van der Waals surface area contributed by atoms with Crippen molar-refractivity contribution in [3.8, 4) is 6.07 Å². The Morgan fingerprint density at radius 3 is 3.00 bits per heavy atom. The molecule has 0 N–H and O–H groups in total. The van der Waals surface area contributed by atoms with Crippen molar-refractivity contribution < 1.29 is 4.74 Å². The average Bonchev–Trinajstić information content (AvgIpc) is 2.75. The van der Waals surface area contributed by atoms with Crippen molar-refractivity contribution in [2.24, 2.45) is 0 Å². The molecule has 0 aliphatic carbocycles. The first-order valence-corrected chi connectivity index (χ1v) is 6.20. The molecule has 2 heterocycles. The molecule has 0 amide bonds. The maximum Gasteiger partial charge on any atom is 0.0702 e. The zero-order chi connectivity index (χ0) is 11.4. The fourth-order valence-corrected chi connectivity index (χ4v) is 2.64. The van der Waals surface area contributed by atoms with Gasteiger partial charge < -0.3 is 9.64 Å². The third-order valence-corrected chi connectivity index (χ3v) is 3.60. The van der Waals surface area contributed by atoms with Gasteiger partial charge in [0.1, 0.15) is 0 Å². The number of ether oxygens (including phenoxy) is 1. The molecule has 4 nitrogen and oxygen atoms in total. The summed E-state index contributed by atoms with van der Waals surface area (Å²) in [6, 6.07) is 2.70. The van der Waals surface area contributed by atoms with Crippen LogP contribution < -0.4 is 0 Å². The molecule has 90 valence electrons. The van der Waals surface area contributed by atoms with Gasteiger partial charge in [0.05, 0.1) is 18.6 Å². The van der Waals surface area contributed by atoms with Crippen molar-refractivity contribution >= 4 is 0 Å². The van der Waals surface area contributed by atoms with Crippen LogP contribution in [0.1, 0.15) is 19.3 Å². The molecule has 0 aromatic heterocycles. The number of likely N-dealkylation sites (N-methyl/N-ethyl adjacent to an activating group) is 1. The molecule has 2 aliphatic rings. The molecule has 2 saturated heterocycles. The standard InChI is InChI=1S/C12H21N3O/c1-14-6-7-15(11(9-14)4-5-13)10-12-3-2-8-16-12/h11-12H,2-4,6-10H2,1H3. The highest BCUT2D eigenvalue weighted by Gasteiger charge is 2.28. The summed E-state index contributed by atoms with van der Waals surface area (Å²) in [6.07, 6.45) is 3.42. The van der Waals surface area contributed by atoms with Crippen LogP contribution in [0, 0.1) is 11.3 Å². The second kappa shape index (κ2) is 5.62. The highest BCUT2D eigenvalue weighted by Crippen LogP contribution is 2.18. The predicted molar refractivity (Wildman–Crippen MR) is 62.1 cm³/mol. The van der Waals surface area contributed by atoms with Gasteiger partial charge in [0, 0.05) is 38.8 Å². The summed E-state index contributed by atoms with van der Waals surface area (Å²) >= 11 is 0. The summed E-state index contributed by atoms with van der Waals surface area (Å²) in [7, 11) is 2.13. The lowest BCUT2D eigenvalue weighted by Crippen LogP contribution is -2.53. The molecule has 0 spiro atoms. The maximum absolute atomic E-state index is 8.86. The molecule has 0 bridgehead atoms. The Morgan fingerprint density at radius 1 is 1.44 bits per heavy atom. The number of rotatable bonds is 3. The van der Waals surface area contributed by atoms with Gasteiger partial charge >= 0.3 is 0 Å².